The van der Waals surface area contributed by atoms with E-state index in [9.17, 15) is 4.79 Å². The standard InChI is InChI=1S/C13H15ClN2O2/c1-4-18-16-9(3)12-8(2)10(7-17)5-6-11(12)15-13(16)14/h5-6,9,13H,4H2,1-3H3. The molecule has 5 heteroatoms. The first-order valence-corrected chi connectivity index (χ1v) is 6.31. The van der Waals surface area contributed by atoms with Crippen molar-refractivity contribution in [3.8, 4) is 0 Å². The Morgan fingerprint density at radius 1 is 1.56 bits per heavy atom. The van der Waals surface area contributed by atoms with Gasteiger partial charge in [0.25, 0.3) is 0 Å². The number of halogens is 1. The average molecular weight is 267 g/mol. The minimum atomic E-state index is -0.544. The molecule has 0 spiro atoms. The third-order valence-corrected chi connectivity index (χ3v) is 3.43. The Kier molecular flexibility index (Phi) is 3.83. The average Bonchev–Trinajstić information content (AvgIpc) is 2.34. The van der Waals surface area contributed by atoms with Gasteiger partial charge in [-0.05, 0) is 38.5 Å². The van der Waals surface area contributed by atoms with E-state index < -0.39 is 5.62 Å². The molecule has 0 fully saturated rings. The maximum absolute atomic E-state index is 10.9. The molecule has 0 saturated carbocycles. The van der Waals surface area contributed by atoms with Gasteiger partial charge in [0.05, 0.1) is 23.2 Å². The molecule has 2 rings (SSSR count). The largest absolute Gasteiger partial charge is 0.295 e. The Balaban J connectivity index is 2.65. The van der Waals surface area contributed by atoms with Gasteiger partial charge in [-0.15, -0.1) is 5.06 Å². The van der Waals surface area contributed by atoms with Crippen LogP contribution in [0.15, 0.2) is 17.1 Å². The Bertz CT molecular complexity index is 596. The van der Waals surface area contributed by atoms with Gasteiger partial charge in [0.1, 0.15) is 5.94 Å². The smallest absolute Gasteiger partial charge is 0.200 e. The van der Waals surface area contributed by atoms with Crippen LogP contribution in [0, 0.1) is 6.92 Å². The fourth-order valence-electron chi connectivity index (χ4n) is 2.27. The molecular formula is C13H15ClN2O2. The van der Waals surface area contributed by atoms with Crippen molar-refractivity contribution in [3.05, 3.63) is 33.8 Å². The second-order valence-electron chi connectivity index (χ2n) is 4.17. The lowest BCUT2D eigenvalue weighted by Gasteiger charge is -2.33. The topological polar surface area (TPSA) is 41.9 Å². The molecule has 0 aromatic heterocycles. The second-order valence-corrected chi connectivity index (χ2v) is 4.56. The Morgan fingerprint density at radius 2 is 2.28 bits per heavy atom. The van der Waals surface area contributed by atoms with Crippen LogP contribution in [0.5, 0.6) is 0 Å². The van der Waals surface area contributed by atoms with E-state index in [1.54, 1.807) is 17.2 Å². The summed E-state index contributed by atoms with van der Waals surface area (Å²) in [5.41, 5.74) is 1.31. The van der Waals surface area contributed by atoms with E-state index in [1.807, 2.05) is 26.7 Å². The molecule has 1 heterocycles. The van der Waals surface area contributed by atoms with Gasteiger partial charge in [-0.1, -0.05) is 11.6 Å². The molecular weight excluding hydrogens is 252 g/mol. The van der Waals surface area contributed by atoms with Gasteiger partial charge in [-0.25, -0.2) is 9.79 Å². The minimum Gasteiger partial charge on any atom is -0.295 e. The van der Waals surface area contributed by atoms with Gasteiger partial charge in [-0.2, -0.15) is 0 Å². The zero-order valence-corrected chi connectivity index (χ0v) is 11.4. The van der Waals surface area contributed by atoms with Gasteiger partial charge in [-0.3, -0.25) is 4.84 Å². The van der Waals surface area contributed by atoms with E-state index in [1.165, 1.54) is 0 Å². The zero-order valence-electron chi connectivity index (χ0n) is 10.6. The van der Waals surface area contributed by atoms with Crippen LogP contribution in [-0.4, -0.2) is 23.2 Å². The molecule has 18 heavy (non-hydrogen) atoms. The predicted octanol–water partition coefficient (Wildman–Crippen LogP) is 0.968. The fourth-order valence-corrected chi connectivity index (χ4v) is 2.60. The fraction of sp³-hybridized carbons (Fsp3) is 0.462. The molecule has 1 aliphatic heterocycles. The second kappa shape index (κ2) is 5.21. The molecule has 96 valence electrons. The number of hydroxylamine groups is 2. The van der Waals surface area contributed by atoms with Crippen LogP contribution in [0.25, 0.3) is 0 Å². The molecule has 1 aliphatic rings. The highest BCUT2D eigenvalue weighted by Crippen LogP contribution is 2.26. The summed E-state index contributed by atoms with van der Waals surface area (Å²) in [7, 11) is 0. The summed E-state index contributed by atoms with van der Waals surface area (Å²) >= 11 is 6.17. The van der Waals surface area contributed by atoms with Crippen LogP contribution in [0.2, 0.25) is 0 Å². The van der Waals surface area contributed by atoms with Crippen LogP contribution in [-0.2, 0) is 9.63 Å². The number of fused-ring (bicyclic) bond motifs is 1. The number of hydrogen-bond acceptors (Lipinski definition) is 4. The van der Waals surface area contributed by atoms with Gasteiger partial charge >= 0.3 is 0 Å². The van der Waals surface area contributed by atoms with Crippen molar-refractivity contribution in [3.63, 3.8) is 0 Å². The number of alkyl halides is 1. The van der Waals surface area contributed by atoms with Crippen molar-refractivity contribution >= 4 is 17.5 Å². The third-order valence-electron chi connectivity index (χ3n) is 3.14. The maximum atomic E-state index is 10.9. The summed E-state index contributed by atoms with van der Waals surface area (Å²) in [5.74, 6) is 1.94. The summed E-state index contributed by atoms with van der Waals surface area (Å²) in [4.78, 5) is 20.7. The van der Waals surface area contributed by atoms with Crippen LogP contribution in [0.4, 0.5) is 0 Å². The lowest BCUT2D eigenvalue weighted by molar-refractivity contribution is -0.193. The van der Waals surface area contributed by atoms with Crippen LogP contribution >= 0.6 is 11.6 Å². The number of hydrogen-bond donors (Lipinski definition) is 0. The van der Waals surface area contributed by atoms with E-state index >= 15 is 0 Å². The van der Waals surface area contributed by atoms with Gasteiger partial charge in [0.2, 0.25) is 5.62 Å². The van der Waals surface area contributed by atoms with Crippen molar-refractivity contribution < 1.29 is 9.63 Å². The predicted molar refractivity (Wildman–Crippen MR) is 68.3 cm³/mol. The van der Waals surface area contributed by atoms with E-state index in [2.05, 4.69) is 4.99 Å². The molecule has 2 unspecified atom stereocenters. The highest BCUT2D eigenvalue weighted by molar-refractivity contribution is 6.20. The molecule has 0 bridgehead atoms. The molecule has 2 atom stereocenters. The van der Waals surface area contributed by atoms with Crippen molar-refractivity contribution in [1.29, 1.82) is 0 Å². The first kappa shape index (κ1) is 13.2. The minimum absolute atomic E-state index is 0.0479. The summed E-state index contributed by atoms with van der Waals surface area (Å²) in [6.45, 7) is 6.30. The summed E-state index contributed by atoms with van der Waals surface area (Å²) < 4.78 is 0. The summed E-state index contributed by atoms with van der Waals surface area (Å²) in [6.07, 6.45) is 0. The Hall–Kier alpha value is -1.19. The number of nitrogens with zero attached hydrogens (tertiary/aromatic N) is 2. The highest BCUT2D eigenvalue weighted by Gasteiger charge is 2.29. The molecule has 1 aromatic rings. The van der Waals surface area contributed by atoms with Gasteiger partial charge in [0.15, 0.2) is 0 Å². The SMILES string of the molecule is CCON1C(Cl)N=c2ccc(=C=O)c(C)c2C1C. The van der Waals surface area contributed by atoms with E-state index in [0.29, 0.717) is 11.8 Å². The first-order chi connectivity index (χ1) is 8.60. The van der Waals surface area contributed by atoms with E-state index in [0.717, 1.165) is 16.5 Å². The van der Waals surface area contributed by atoms with Crippen molar-refractivity contribution in [1.82, 2.24) is 5.06 Å². The van der Waals surface area contributed by atoms with Crippen molar-refractivity contribution in [2.75, 3.05) is 6.61 Å². The first-order valence-electron chi connectivity index (χ1n) is 5.88. The summed E-state index contributed by atoms with van der Waals surface area (Å²) in [6, 6.07) is 3.47. The summed E-state index contributed by atoms with van der Waals surface area (Å²) in [5, 5.41) is 3.01. The van der Waals surface area contributed by atoms with E-state index in [4.69, 9.17) is 16.4 Å². The Labute approximate surface area is 110 Å². The normalized spacial score (nSPS) is 23.1. The lowest BCUT2D eigenvalue weighted by Crippen LogP contribution is -2.42. The van der Waals surface area contributed by atoms with Crippen molar-refractivity contribution in [2.24, 2.45) is 4.99 Å². The van der Waals surface area contributed by atoms with Crippen LogP contribution < -0.4 is 10.6 Å². The lowest BCUT2D eigenvalue weighted by atomic mass is 9.99. The number of carbonyl (C=O) groups excluding carboxylic acids is 1. The molecule has 1 aromatic carbocycles. The quantitative estimate of drug-likeness (QED) is 0.592. The number of benzene rings is 1. The zero-order chi connectivity index (χ0) is 13.3. The number of rotatable bonds is 2. The highest BCUT2D eigenvalue weighted by atomic mass is 35.5. The maximum Gasteiger partial charge on any atom is 0.200 e. The molecule has 0 N–H and O–H groups in total. The van der Waals surface area contributed by atoms with Crippen LogP contribution in [0.3, 0.4) is 0 Å². The molecule has 0 radical (unpaired) electrons. The molecule has 0 amide bonds. The molecule has 0 saturated heterocycles. The monoisotopic (exact) mass is 266 g/mol. The molecule has 4 nitrogen and oxygen atoms in total. The Morgan fingerprint density at radius 3 is 2.89 bits per heavy atom. The van der Waals surface area contributed by atoms with Gasteiger partial charge < -0.3 is 0 Å². The molecule has 0 aliphatic carbocycles. The van der Waals surface area contributed by atoms with Crippen molar-refractivity contribution in [2.45, 2.75) is 32.4 Å². The van der Waals surface area contributed by atoms with E-state index in [-0.39, 0.29) is 6.04 Å². The van der Waals surface area contributed by atoms with Gasteiger partial charge in [0, 0.05) is 5.56 Å². The van der Waals surface area contributed by atoms with Crippen LogP contribution in [0.1, 0.15) is 31.0 Å². The third kappa shape index (κ3) is 2.08.